The van der Waals surface area contributed by atoms with Crippen LogP contribution < -0.4 is 20.1 Å². The molecule has 0 atom stereocenters. The maximum Gasteiger partial charge on any atom is 0.238 e. The van der Waals surface area contributed by atoms with Gasteiger partial charge in [0.2, 0.25) is 5.91 Å². The van der Waals surface area contributed by atoms with Gasteiger partial charge in [0.05, 0.1) is 26.5 Å². The van der Waals surface area contributed by atoms with E-state index >= 15 is 0 Å². The Morgan fingerprint density at radius 2 is 1.83 bits per heavy atom. The van der Waals surface area contributed by atoms with E-state index in [1.54, 1.807) is 32.4 Å². The number of hydrogen-bond acceptors (Lipinski definition) is 4. The first-order valence-electron chi connectivity index (χ1n) is 7.49. The second kappa shape index (κ2) is 8.80. The van der Waals surface area contributed by atoms with Crippen molar-refractivity contribution in [3.63, 3.8) is 0 Å². The summed E-state index contributed by atoms with van der Waals surface area (Å²) in [5.74, 6) is 1.14. The summed E-state index contributed by atoms with van der Waals surface area (Å²) in [4.78, 5) is 12.0. The van der Waals surface area contributed by atoms with E-state index in [-0.39, 0.29) is 12.5 Å². The number of benzene rings is 2. The van der Waals surface area contributed by atoms with Crippen molar-refractivity contribution in [2.24, 2.45) is 0 Å². The number of ether oxygens (including phenoxy) is 2. The minimum atomic E-state index is -0.110. The number of carbonyl (C=O) groups is 1. The Balaban J connectivity index is 1.78. The van der Waals surface area contributed by atoms with Crippen molar-refractivity contribution in [3.8, 4) is 11.5 Å². The standard InChI is InChI=1S/C18H22N2O3/c1-22-15-8-9-16(17(12-15)23-2)20-18(21)13-19-11-10-14-6-4-3-5-7-14/h3-9,12,19H,10-11,13H2,1-2H3,(H,20,21). The third-order valence-corrected chi connectivity index (χ3v) is 3.40. The number of anilines is 1. The van der Waals surface area contributed by atoms with Crippen LogP contribution in [-0.4, -0.2) is 33.2 Å². The van der Waals surface area contributed by atoms with Gasteiger partial charge in [-0.15, -0.1) is 0 Å². The molecule has 2 aromatic rings. The van der Waals surface area contributed by atoms with E-state index in [0.717, 1.165) is 13.0 Å². The molecular weight excluding hydrogens is 292 g/mol. The fraction of sp³-hybridized carbons (Fsp3) is 0.278. The highest BCUT2D eigenvalue weighted by Crippen LogP contribution is 2.28. The van der Waals surface area contributed by atoms with Gasteiger partial charge in [-0.25, -0.2) is 0 Å². The number of methoxy groups -OCH3 is 2. The SMILES string of the molecule is COc1ccc(NC(=O)CNCCc2ccccc2)c(OC)c1. The first-order chi connectivity index (χ1) is 11.2. The molecule has 0 saturated carbocycles. The van der Waals surface area contributed by atoms with Crippen molar-refractivity contribution in [3.05, 3.63) is 54.1 Å². The maximum atomic E-state index is 12.0. The molecule has 0 heterocycles. The second-order valence-corrected chi connectivity index (χ2v) is 5.03. The third-order valence-electron chi connectivity index (χ3n) is 3.40. The molecular formula is C18H22N2O3. The number of carbonyl (C=O) groups excluding carboxylic acids is 1. The quantitative estimate of drug-likeness (QED) is 0.735. The fourth-order valence-electron chi connectivity index (χ4n) is 2.18. The molecule has 0 bridgehead atoms. The summed E-state index contributed by atoms with van der Waals surface area (Å²) in [6.45, 7) is 0.999. The maximum absolute atomic E-state index is 12.0. The summed E-state index contributed by atoms with van der Waals surface area (Å²) < 4.78 is 10.4. The van der Waals surface area contributed by atoms with E-state index < -0.39 is 0 Å². The molecule has 0 saturated heterocycles. The highest BCUT2D eigenvalue weighted by Gasteiger charge is 2.08. The van der Waals surface area contributed by atoms with Gasteiger partial charge in [0, 0.05) is 6.07 Å². The van der Waals surface area contributed by atoms with Gasteiger partial charge in [0.25, 0.3) is 0 Å². The molecule has 2 rings (SSSR count). The number of nitrogens with one attached hydrogen (secondary N) is 2. The summed E-state index contributed by atoms with van der Waals surface area (Å²) in [6.07, 6.45) is 0.889. The first-order valence-corrected chi connectivity index (χ1v) is 7.49. The smallest absolute Gasteiger partial charge is 0.238 e. The summed E-state index contributed by atoms with van der Waals surface area (Å²) in [7, 11) is 3.15. The Morgan fingerprint density at radius 1 is 1.04 bits per heavy atom. The second-order valence-electron chi connectivity index (χ2n) is 5.03. The summed E-state index contributed by atoms with van der Waals surface area (Å²) in [5, 5.41) is 5.97. The fourth-order valence-corrected chi connectivity index (χ4v) is 2.18. The summed E-state index contributed by atoms with van der Waals surface area (Å²) >= 11 is 0. The van der Waals surface area contributed by atoms with Gasteiger partial charge in [-0.05, 0) is 30.7 Å². The predicted molar refractivity (Wildman–Crippen MR) is 91.2 cm³/mol. The van der Waals surface area contributed by atoms with E-state index in [0.29, 0.717) is 17.2 Å². The largest absolute Gasteiger partial charge is 0.497 e. The zero-order valence-electron chi connectivity index (χ0n) is 13.5. The van der Waals surface area contributed by atoms with E-state index in [9.17, 15) is 4.79 Å². The monoisotopic (exact) mass is 314 g/mol. The Morgan fingerprint density at radius 3 is 2.52 bits per heavy atom. The molecule has 1 amide bonds. The third kappa shape index (κ3) is 5.30. The van der Waals surface area contributed by atoms with Crippen LogP contribution in [0.2, 0.25) is 0 Å². The van der Waals surface area contributed by atoms with Gasteiger partial charge in [-0.3, -0.25) is 4.79 Å². The lowest BCUT2D eigenvalue weighted by Gasteiger charge is -2.12. The van der Waals surface area contributed by atoms with Crippen LogP contribution in [0.1, 0.15) is 5.56 Å². The van der Waals surface area contributed by atoms with Crippen molar-refractivity contribution in [1.29, 1.82) is 0 Å². The Kier molecular flexibility index (Phi) is 6.44. The number of amides is 1. The zero-order valence-corrected chi connectivity index (χ0v) is 13.5. The van der Waals surface area contributed by atoms with Crippen LogP contribution in [0.25, 0.3) is 0 Å². The topological polar surface area (TPSA) is 59.6 Å². The van der Waals surface area contributed by atoms with Crippen molar-refractivity contribution >= 4 is 11.6 Å². The van der Waals surface area contributed by atoms with Crippen LogP contribution in [-0.2, 0) is 11.2 Å². The van der Waals surface area contributed by atoms with Crippen LogP contribution >= 0.6 is 0 Å². The first kappa shape index (κ1) is 16.8. The zero-order chi connectivity index (χ0) is 16.5. The molecule has 0 aliphatic heterocycles. The van der Waals surface area contributed by atoms with Crippen LogP contribution in [0, 0.1) is 0 Å². The Labute approximate surface area is 136 Å². The lowest BCUT2D eigenvalue weighted by Crippen LogP contribution is -2.29. The molecule has 0 unspecified atom stereocenters. The van der Waals surface area contributed by atoms with E-state index in [2.05, 4.69) is 22.8 Å². The predicted octanol–water partition coefficient (Wildman–Crippen LogP) is 2.47. The molecule has 0 spiro atoms. The number of rotatable bonds is 8. The van der Waals surface area contributed by atoms with Crippen molar-refractivity contribution in [2.45, 2.75) is 6.42 Å². The molecule has 23 heavy (non-hydrogen) atoms. The number of hydrogen-bond donors (Lipinski definition) is 2. The minimum Gasteiger partial charge on any atom is -0.497 e. The van der Waals surface area contributed by atoms with Gasteiger partial charge in [-0.2, -0.15) is 0 Å². The molecule has 5 nitrogen and oxygen atoms in total. The van der Waals surface area contributed by atoms with Crippen molar-refractivity contribution < 1.29 is 14.3 Å². The normalized spacial score (nSPS) is 10.2. The Bertz CT molecular complexity index is 629. The van der Waals surface area contributed by atoms with E-state index in [1.165, 1.54) is 5.56 Å². The van der Waals surface area contributed by atoms with Crippen LogP contribution in [0.5, 0.6) is 11.5 Å². The summed E-state index contributed by atoms with van der Waals surface area (Å²) in [6, 6.07) is 15.4. The molecule has 0 aliphatic carbocycles. The highest BCUT2D eigenvalue weighted by atomic mass is 16.5. The average molecular weight is 314 g/mol. The molecule has 2 aromatic carbocycles. The van der Waals surface area contributed by atoms with Gasteiger partial charge in [0.1, 0.15) is 11.5 Å². The van der Waals surface area contributed by atoms with Crippen molar-refractivity contribution in [1.82, 2.24) is 5.32 Å². The molecule has 2 N–H and O–H groups in total. The van der Waals surface area contributed by atoms with Gasteiger partial charge >= 0.3 is 0 Å². The average Bonchev–Trinajstić information content (AvgIpc) is 2.60. The molecule has 0 fully saturated rings. The summed E-state index contributed by atoms with van der Waals surface area (Å²) in [5.41, 5.74) is 1.88. The van der Waals surface area contributed by atoms with Gasteiger partial charge < -0.3 is 20.1 Å². The van der Waals surface area contributed by atoms with Gasteiger partial charge in [-0.1, -0.05) is 30.3 Å². The molecule has 0 aromatic heterocycles. The lowest BCUT2D eigenvalue weighted by molar-refractivity contribution is -0.115. The van der Waals surface area contributed by atoms with E-state index in [1.807, 2.05) is 18.2 Å². The van der Waals surface area contributed by atoms with Crippen LogP contribution in [0.4, 0.5) is 5.69 Å². The lowest BCUT2D eigenvalue weighted by atomic mass is 10.1. The Hall–Kier alpha value is -2.53. The highest BCUT2D eigenvalue weighted by molar-refractivity contribution is 5.93. The van der Waals surface area contributed by atoms with Crippen LogP contribution in [0.3, 0.4) is 0 Å². The molecule has 0 aliphatic rings. The van der Waals surface area contributed by atoms with Crippen LogP contribution in [0.15, 0.2) is 48.5 Å². The molecule has 0 radical (unpaired) electrons. The van der Waals surface area contributed by atoms with Crippen molar-refractivity contribution in [2.75, 3.05) is 32.6 Å². The molecule has 5 heteroatoms. The molecule has 122 valence electrons. The minimum absolute atomic E-state index is 0.110. The van der Waals surface area contributed by atoms with Gasteiger partial charge in [0.15, 0.2) is 0 Å². The van der Waals surface area contributed by atoms with E-state index in [4.69, 9.17) is 9.47 Å².